The third-order valence-electron chi connectivity index (χ3n) is 1.53. The average Bonchev–Trinajstić information content (AvgIpc) is 2.04. The molecule has 1 rings (SSSR count). The fourth-order valence-corrected chi connectivity index (χ4v) is 1.04. The molecule has 68 valence electrons. The lowest BCUT2D eigenvalue weighted by molar-refractivity contribution is 1.21. The highest BCUT2D eigenvalue weighted by Crippen LogP contribution is 2.03. The molecule has 0 amide bonds. The molecule has 1 aliphatic rings. The molecule has 0 aromatic rings. The van der Waals surface area contributed by atoms with E-state index in [1.165, 1.54) is 0 Å². The van der Waals surface area contributed by atoms with E-state index in [9.17, 15) is 0 Å². The molecule has 0 radical (unpaired) electrons. The molecule has 0 bridgehead atoms. The van der Waals surface area contributed by atoms with Gasteiger partial charge in [-0.05, 0) is 19.1 Å². The van der Waals surface area contributed by atoms with Crippen LogP contribution < -0.4 is 5.73 Å². The zero-order valence-electron chi connectivity index (χ0n) is 7.83. The second kappa shape index (κ2) is 4.45. The summed E-state index contributed by atoms with van der Waals surface area (Å²) < 4.78 is 0. The van der Waals surface area contributed by atoms with Gasteiger partial charge in [0.1, 0.15) is 5.82 Å². The SMILES string of the molecule is C=C(C)/C=C(N)\N=C1\C=CC=CC1. The number of nitrogens with two attached hydrogens (primary N) is 1. The number of allylic oxidation sites excluding steroid dienone is 6. The van der Waals surface area contributed by atoms with Crippen molar-refractivity contribution in [2.75, 3.05) is 0 Å². The van der Waals surface area contributed by atoms with Crippen LogP contribution in [-0.4, -0.2) is 5.71 Å². The van der Waals surface area contributed by atoms with Crippen molar-refractivity contribution >= 4 is 5.71 Å². The maximum absolute atomic E-state index is 5.66. The van der Waals surface area contributed by atoms with Gasteiger partial charge in [-0.25, -0.2) is 4.99 Å². The normalized spacial score (nSPS) is 19.5. The van der Waals surface area contributed by atoms with E-state index >= 15 is 0 Å². The Labute approximate surface area is 78.9 Å². The van der Waals surface area contributed by atoms with E-state index in [4.69, 9.17) is 5.73 Å². The molecule has 0 saturated heterocycles. The number of hydrogen-bond donors (Lipinski definition) is 1. The monoisotopic (exact) mass is 174 g/mol. The summed E-state index contributed by atoms with van der Waals surface area (Å²) in [5.41, 5.74) is 7.56. The van der Waals surface area contributed by atoms with Crippen molar-refractivity contribution in [3.8, 4) is 0 Å². The zero-order valence-corrected chi connectivity index (χ0v) is 7.83. The molecular formula is C11H14N2. The molecule has 0 saturated carbocycles. The Balaban J connectivity index is 2.71. The topological polar surface area (TPSA) is 38.4 Å². The van der Waals surface area contributed by atoms with E-state index in [0.717, 1.165) is 17.7 Å². The molecule has 2 heteroatoms. The van der Waals surface area contributed by atoms with Gasteiger partial charge in [-0.1, -0.05) is 30.4 Å². The predicted molar refractivity (Wildman–Crippen MR) is 57.4 cm³/mol. The van der Waals surface area contributed by atoms with E-state index in [-0.39, 0.29) is 0 Å². The first-order valence-electron chi connectivity index (χ1n) is 4.22. The lowest BCUT2D eigenvalue weighted by Crippen LogP contribution is -2.01. The van der Waals surface area contributed by atoms with Crippen molar-refractivity contribution in [1.29, 1.82) is 0 Å². The van der Waals surface area contributed by atoms with Gasteiger partial charge >= 0.3 is 0 Å². The van der Waals surface area contributed by atoms with Crippen LogP contribution in [0.4, 0.5) is 0 Å². The van der Waals surface area contributed by atoms with Crippen LogP contribution in [0.2, 0.25) is 0 Å². The molecular weight excluding hydrogens is 160 g/mol. The smallest absolute Gasteiger partial charge is 0.123 e. The van der Waals surface area contributed by atoms with Gasteiger partial charge < -0.3 is 5.73 Å². The van der Waals surface area contributed by atoms with Crippen molar-refractivity contribution in [2.45, 2.75) is 13.3 Å². The molecule has 13 heavy (non-hydrogen) atoms. The lowest BCUT2D eigenvalue weighted by Gasteiger charge is -2.01. The summed E-state index contributed by atoms with van der Waals surface area (Å²) in [5.74, 6) is 0.516. The number of nitrogens with zero attached hydrogens (tertiary/aromatic N) is 1. The number of aliphatic imine (C=N–C) groups is 1. The molecule has 0 heterocycles. The highest BCUT2D eigenvalue weighted by atomic mass is 14.9. The Morgan fingerprint density at radius 3 is 2.92 bits per heavy atom. The molecule has 2 N–H and O–H groups in total. The summed E-state index contributed by atoms with van der Waals surface area (Å²) in [4.78, 5) is 4.23. The largest absolute Gasteiger partial charge is 0.384 e. The second-order valence-electron chi connectivity index (χ2n) is 3.01. The van der Waals surface area contributed by atoms with Crippen LogP contribution in [0.5, 0.6) is 0 Å². The maximum atomic E-state index is 5.66. The standard InChI is InChI=1S/C11H14N2/c1-9(2)8-11(12)13-10-6-4-3-5-7-10/h3-6,8H,1,7,12H2,2H3/b11-8-,13-10-. The third kappa shape index (κ3) is 3.56. The summed E-state index contributed by atoms with van der Waals surface area (Å²) in [6.45, 7) is 5.62. The highest BCUT2D eigenvalue weighted by molar-refractivity contribution is 5.97. The molecule has 0 unspecified atom stereocenters. The minimum Gasteiger partial charge on any atom is -0.384 e. The zero-order chi connectivity index (χ0) is 9.68. The maximum Gasteiger partial charge on any atom is 0.123 e. The Morgan fingerprint density at radius 1 is 1.62 bits per heavy atom. The van der Waals surface area contributed by atoms with Crippen molar-refractivity contribution < 1.29 is 0 Å². The van der Waals surface area contributed by atoms with Gasteiger partial charge in [-0.3, -0.25) is 0 Å². The Morgan fingerprint density at radius 2 is 2.38 bits per heavy atom. The van der Waals surface area contributed by atoms with Gasteiger partial charge in [-0.2, -0.15) is 0 Å². The van der Waals surface area contributed by atoms with Gasteiger partial charge in [0.25, 0.3) is 0 Å². The van der Waals surface area contributed by atoms with Crippen LogP contribution in [0.3, 0.4) is 0 Å². The van der Waals surface area contributed by atoms with Gasteiger partial charge in [0.15, 0.2) is 0 Å². The van der Waals surface area contributed by atoms with Crippen molar-refractivity contribution in [3.63, 3.8) is 0 Å². The summed E-state index contributed by atoms with van der Waals surface area (Å²) in [6.07, 6.45) is 10.6. The van der Waals surface area contributed by atoms with Crippen LogP contribution >= 0.6 is 0 Å². The second-order valence-corrected chi connectivity index (χ2v) is 3.01. The Bertz CT molecular complexity index is 317. The third-order valence-corrected chi connectivity index (χ3v) is 1.53. The van der Waals surface area contributed by atoms with E-state index in [0.29, 0.717) is 5.82 Å². The molecule has 0 aromatic heterocycles. The quantitative estimate of drug-likeness (QED) is 0.641. The minimum atomic E-state index is 0.516. The number of rotatable bonds is 2. The van der Waals surface area contributed by atoms with Gasteiger partial charge in [-0.15, -0.1) is 0 Å². The van der Waals surface area contributed by atoms with E-state index < -0.39 is 0 Å². The molecule has 0 spiro atoms. The molecule has 0 aromatic carbocycles. The molecule has 0 aliphatic heterocycles. The van der Waals surface area contributed by atoms with Crippen LogP contribution in [0.1, 0.15) is 13.3 Å². The first kappa shape index (κ1) is 9.52. The van der Waals surface area contributed by atoms with Crippen LogP contribution in [-0.2, 0) is 0 Å². The van der Waals surface area contributed by atoms with Crippen LogP contribution in [0.15, 0.2) is 53.3 Å². The lowest BCUT2D eigenvalue weighted by atomic mass is 10.1. The van der Waals surface area contributed by atoms with Gasteiger partial charge in [0, 0.05) is 12.1 Å². The van der Waals surface area contributed by atoms with Crippen molar-refractivity contribution in [2.24, 2.45) is 10.7 Å². The highest BCUT2D eigenvalue weighted by Gasteiger charge is 1.95. The molecule has 0 atom stereocenters. The van der Waals surface area contributed by atoms with E-state index in [1.807, 2.05) is 31.2 Å². The fourth-order valence-electron chi connectivity index (χ4n) is 1.04. The molecule has 0 fully saturated rings. The van der Waals surface area contributed by atoms with Gasteiger partial charge in [0.2, 0.25) is 0 Å². The summed E-state index contributed by atoms with van der Waals surface area (Å²) in [5, 5.41) is 0. The molecule has 1 aliphatic carbocycles. The Kier molecular flexibility index (Phi) is 3.26. The Hall–Kier alpha value is -1.57. The summed E-state index contributed by atoms with van der Waals surface area (Å²) in [7, 11) is 0. The predicted octanol–water partition coefficient (Wildman–Crippen LogP) is 2.32. The van der Waals surface area contributed by atoms with E-state index in [2.05, 4.69) is 11.6 Å². The van der Waals surface area contributed by atoms with Crippen LogP contribution in [0.25, 0.3) is 0 Å². The first-order chi connectivity index (χ1) is 6.18. The minimum absolute atomic E-state index is 0.516. The van der Waals surface area contributed by atoms with E-state index in [1.54, 1.807) is 6.08 Å². The average molecular weight is 174 g/mol. The summed E-state index contributed by atoms with van der Waals surface area (Å²) in [6, 6.07) is 0. The first-order valence-corrected chi connectivity index (χ1v) is 4.22. The molecule has 2 nitrogen and oxygen atoms in total. The van der Waals surface area contributed by atoms with Crippen LogP contribution in [0, 0.1) is 0 Å². The van der Waals surface area contributed by atoms with Crippen molar-refractivity contribution in [3.05, 3.63) is 48.4 Å². The summed E-state index contributed by atoms with van der Waals surface area (Å²) >= 11 is 0. The van der Waals surface area contributed by atoms with Crippen molar-refractivity contribution in [1.82, 2.24) is 0 Å². The van der Waals surface area contributed by atoms with Gasteiger partial charge in [0.05, 0.1) is 0 Å². The fraction of sp³-hybridized carbons (Fsp3) is 0.182. The number of hydrogen-bond acceptors (Lipinski definition) is 2.